The van der Waals surface area contributed by atoms with Crippen LogP contribution in [-0.4, -0.2) is 26.9 Å². The minimum atomic E-state index is -0.668. The number of aromatic nitrogens is 1. The van der Waals surface area contributed by atoms with Gasteiger partial charge in [0, 0.05) is 22.9 Å². The van der Waals surface area contributed by atoms with Crippen molar-refractivity contribution in [1.82, 2.24) is 9.99 Å². The standard InChI is InChI=1S/C28H20F2N4O3S/c29-21-10-8-18(9-11-21)26-33-34(27(36)20-13-22(30)15-32-14-20)28(38-26)23-6-1-2-7-24(23)37-16-17-4-3-5-19(12-17)25(31)35/h1-15,28H,16H2,(H2,31,35). The highest BCUT2D eigenvalue weighted by atomic mass is 32.2. The third-order valence-corrected chi connectivity index (χ3v) is 6.90. The molecule has 1 aliphatic heterocycles. The van der Waals surface area contributed by atoms with Crippen molar-refractivity contribution in [3.05, 3.63) is 131 Å². The fraction of sp³-hybridized carbons (Fsp3) is 0.0714. The molecule has 4 aromatic rings. The Kier molecular flexibility index (Phi) is 7.14. The average molecular weight is 531 g/mol. The zero-order valence-electron chi connectivity index (χ0n) is 19.8. The number of pyridine rings is 1. The van der Waals surface area contributed by atoms with Crippen LogP contribution in [0.3, 0.4) is 0 Å². The summed E-state index contributed by atoms with van der Waals surface area (Å²) in [5.74, 6) is -1.66. The molecule has 38 heavy (non-hydrogen) atoms. The van der Waals surface area contributed by atoms with Gasteiger partial charge in [0.15, 0.2) is 0 Å². The molecular formula is C28H20F2N4O3S. The van der Waals surface area contributed by atoms with E-state index in [4.69, 9.17) is 10.5 Å². The second kappa shape index (κ2) is 10.8. The van der Waals surface area contributed by atoms with Gasteiger partial charge in [-0.25, -0.2) is 13.8 Å². The monoisotopic (exact) mass is 530 g/mol. The fourth-order valence-corrected chi connectivity index (χ4v) is 5.03. The van der Waals surface area contributed by atoms with E-state index in [1.54, 1.807) is 54.6 Å². The molecule has 190 valence electrons. The number of hydrazone groups is 1. The molecule has 1 aliphatic rings. The number of thioether (sulfide) groups is 1. The molecule has 0 saturated carbocycles. The quantitative estimate of drug-likeness (QED) is 0.350. The predicted octanol–water partition coefficient (Wildman–Crippen LogP) is 5.29. The molecule has 0 aliphatic carbocycles. The Morgan fingerprint density at radius 1 is 0.921 bits per heavy atom. The summed E-state index contributed by atoms with van der Waals surface area (Å²) in [5.41, 5.74) is 7.77. The molecule has 0 bridgehead atoms. The summed E-state index contributed by atoms with van der Waals surface area (Å²) in [4.78, 5) is 28.8. The third kappa shape index (κ3) is 5.40. The number of ether oxygens (including phenoxy) is 1. The van der Waals surface area contributed by atoms with Crippen LogP contribution in [-0.2, 0) is 6.61 Å². The van der Waals surface area contributed by atoms with E-state index >= 15 is 0 Å². The van der Waals surface area contributed by atoms with E-state index in [0.717, 1.165) is 17.8 Å². The summed E-state index contributed by atoms with van der Waals surface area (Å²) in [7, 11) is 0. The molecule has 7 nitrogen and oxygen atoms in total. The first-order valence-corrected chi connectivity index (χ1v) is 12.3. The minimum absolute atomic E-state index is 0.0290. The Balaban J connectivity index is 1.48. The van der Waals surface area contributed by atoms with Gasteiger partial charge in [-0.1, -0.05) is 42.1 Å². The highest BCUT2D eigenvalue weighted by Crippen LogP contribution is 2.45. The number of rotatable bonds is 7. The van der Waals surface area contributed by atoms with E-state index in [-0.39, 0.29) is 12.2 Å². The van der Waals surface area contributed by atoms with Crippen LogP contribution in [0, 0.1) is 11.6 Å². The molecule has 0 fully saturated rings. The maximum atomic E-state index is 13.9. The third-order valence-electron chi connectivity index (χ3n) is 5.69. The summed E-state index contributed by atoms with van der Waals surface area (Å²) in [5, 5.41) is 5.59. The molecule has 0 radical (unpaired) electrons. The molecule has 2 N–H and O–H groups in total. The summed E-state index contributed by atoms with van der Waals surface area (Å²) < 4.78 is 33.5. The Bertz CT molecular complexity index is 1550. The van der Waals surface area contributed by atoms with Gasteiger partial charge < -0.3 is 10.5 Å². The molecule has 1 atom stereocenters. The van der Waals surface area contributed by atoms with Crippen LogP contribution in [0.25, 0.3) is 0 Å². The van der Waals surface area contributed by atoms with Crippen molar-refractivity contribution < 1.29 is 23.1 Å². The van der Waals surface area contributed by atoms with Crippen molar-refractivity contribution in [2.75, 3.05) is 0 Å². The van der Waals surface area contributed by atoms with Crippen LogP contribution in [0.15, 0.2) is 96.4 Å². The van der Waals surface area contributed by atoms with Crippen LogP contribution in [0.4, 0.5) is 8.78 Å². The van der Waals surface area contributed by atoms with Crippen LogP contribution < -0.4 is 10.5 Å². The van der Waals surface area contributed by atoms with Crippen molar-refractivity contribution in [3.63, 3.8) is 0 Å². The van der Waals surface area contributed by atoms with E-state index < -0.39 is 28.8 Å². The Labute approximate surface area is 220 Å². The lowest BCUT2D eigenvalue weighted by Gasteiger charge is -2.23. The van der Waals surface area contributed by atoms with E-state index in [1.807, 2.05) is 6.07 Å². The molecule has 1 unspecified atom stereocenters. The fourth-order valence-electron chi connectivity index (χ4n) is 3.85. The van der Waals surface area contributed by atoms with E-state index in [1.165, 1.54) is 35.1 Å². The molecule has 2 heterocycles. The van der Waals surface area contributed by atoms with Gasteiger partial charge in [-0.3, -0.25) is 14.6 Å². The minimum Gasteiger partial charge on any atom is -0.489 e. The highest BCUT2D eigenvalue weighted by Gasteiger charge is 2.36. The normalized spacial score (nSPS) is 14.7. The number of amides is 2. The van der Waals surface area contributed by atoms with Gasteiger partial charge >= 0.3 is 0 Å². The number of nitrogens with two attached hydrogens (primary N) is 1. The predicted molar refractivity (Wildman–Crippen MR) is 139 cm³/mol. The lowest BCUT2D eigenvalue weighted by Crippen LogP contribution is -2.26. The molecule has 5 rings (SSSR count). The van der Waals surface area contributed by atoms with Crippen molar-refractivity contribution in [1.29, 1.82) is 0 Å². The number of para-hydroxylation sites is 1. The Hall–Kier alpha value is -4.57. The zero-order valence-corrected chi connectivity index (χ0v) is 20.6. The maximum absolute atomic E-state index is 13.9. The first kappa shape index (κ1) is 25.1. The number of hydrogen-bond acceptors (Lipinski definition) is 6. The molecule has 0 spiro atoms. The van der Waals surface area contributed by atoms with Gasteiger partial charge in [0.2, 0.25) is 5.91 Å². The van der Waals surface area contributed by atoms with Crippen molar-refractivity contribution in [2.24, 2.45) is 10.8 Å². The maximum Gasteiger partial charge on any atom is 0.277 e. The Morgan fingerprint density at radius 2 is 1.71 bits per heavy atom. The number of halogens is 2. The summed E-state index contributed by atoms with van der Waals surface area (Å²) in [6.07, 6.45) is 2.28. The van der Waals surface area contributed by atoms with Gasteiger partial charge in [0.25, 0.3) is 5.91 Å². The van der Waals surface area contributed by atoms with Crippen LogP contribution in [0.2, 0.25) is 0 Å². The van der Waals surface area contributed by atoms with Crippen molar-refractivity contribution >= 4 is 28.6 Å². The SMILES string of the molecule is NC(=O)c1cccc(COc2ccccc2C2SC(c3ccc(F)cc3)=NN2C(=O)c2cncc(F)c2)c1. The van der Waals surface area contributed by atoms with E-state index in [2.05, 4.69) is 10.1 Å². The van der Waals surface area contributed by atoms with E-state index in [0.29, 0.717) is 27.5 Å². The lowest BCUT2D eigenvalue weighted by atomic mass is 10.1. The number of hydrogen-bond donors (Lipinski definition) is 1. The second-order valence-corrected chi connectivity index (χ2v) is 9.38. The number of nitrogens with zero attached hydrogens (tertiary/aromatic N) is 3. The highest BCUT2D eigenvalue weighted by molar-refractivity contribution is 8.14. The summed E-state index contributed by atoms with van der Waals surface area (Å²) in [6, 6.07) is 20.8. The first-order chi connectivity index (χ1) is 18.4. The van der Waals surface area contributed by atoms with Gasteiger partial charge in [-0.05, 0) is 54.1 Å². The molecule has 2 amide bonds. The van der Waals surface area contributed by atoms with Crippen LogP contribution in [0.5, 0.6) is 5.75 Å². The molecular weight excluding hydrogens is 510 g/mol. The molecule has 1 aromatic heterocycles. The number of carbonyl (C=O) groups is 2. The second-order valence-electron chi connectivity index (χ2n) is 8.31. The molecule has 3 aromatic carbocycles. The molecule has 10 heteroatoms. The van der Waals surface area contributed by atoms with Gasteiger partial charge in [-0.15, -0.1) is 0 Å². The Morgan fingerprint density at radius 3 is 2.47 bits per heavy atom. The lowest BCUT2D eigenvalue weighted by molar-refractivity contribution is 0.0746. The van der Waals surface area contributed by atoms with Gasteiger partial charge in [-0.2, -0.15) is 5.10 Å². The zero-order chi connectivity index (χ0) is 26.6. The molecule has 0 saturated heterocycles. The average Bonchev–Trinajstić information content (AvgIpc) is 3.37. The van der Waals surface area contributed by atoms with Gasteiger partial charge in [0.1, 0.15) is 34.4 Å². The van der Waals surface area contributed by atoms with Crippen LogP contribution >= 0.6 is 11.8 Å². The topological polar surface area (TPSA) is 97.9 Å². The number of benzene rings is 3. The van der Waals surface area contributed by atoms with Crippen molar-refractivity contribution in [3.8, 4) is 5.75 Å². The van der Waals surface area contributed by atoms with Crippen LogP contribution in [0.1, 0.15) is 42.8 Å². The van der Waals surface area contributed by atoms with Gasteiger partial charge in [0.05, 0.1) is 11.8 Å². The first-order valence-electron chi connectivity index (χ1n) is 11.4. The summed E-state index contributed by atoms with van der Waals surface area (Å²) >= 11 is 1.28. The largest absolute Gasteiger partial charge is 0.489 e. The van der Waals surface area contributed by atoms with E-state index in [9.17, 15) is 18.4 Å². The summed E-state index contributed by atoms with van der Waals surface area (Å²) in [6.45, 7) is 0.142. The smallest absolute Gasteiger partial charge is 0.277 e. The van der Waals surface area contributed by atoms with Crippen molar-refractivity contribution in [2.45, 2.75) is 12.0 Å². The number of carbonyl (C=O) groups excluding carboxylic acids is 2. The number of primary amides is 1.